The molecule has 1 heterocycles. The fraction of sp³-hybridized carbons (Fsp3) is 0.464. The zero-order valence-electron chi connectivity index (χ0n) is 20.1. The second kappa shape index (κ2) is 11.9. The van der Waals surface area contributed by atoms with Crippen molar-refractivity contribution in [3.05, 3.63) is 59.7 Å². The van der Waals surface area contributed by atoms with Gasteiger partial charge in [0.2, 0.25) is 5.91 Å². The molecule has 1 fully saturated rings. The van der Waals surface area contributed by atoms with Gasteiger partial charge in [-0.2, -0.15) is 0 Å². The summed E-state index contributed by atoms with van der Waals surface area (Å²) in [6.07, 6.45) is 5.53. The third-order valence-electron chi connectivity index (χ3n) is 7.04. The number of fused-ring (bicyclic) bond motifs is 3. The predicted octanol–water partition coefficient (Wildman–Crippen LogP) is 4.94. The van der Waals surface area contributed by atoms with Crippen molar-refractivity contribution in [2.24, 2.45) is 0 Å². The van der Waals surface area contributed by atoms with Crippen LogP contribution in [0.3, 0.4) is 0 Å². The molecule has 7 heteroatoms. The molecule has 1 aliphatic carbocycles. The van der Waals surface area contributed by atoms with Gasteiger partial charge in [0.1, 0.15) is 12.6 Å². The summed E-state index contributed by atoms with van der Waals surface area (Å²) >= 11 is 0. The number of amides is 2. The summed E-state index contributed by atoms with van der Waals surface area (Å²) in [7, 11) is 0. The van der Waals surface area contributed by atoms with Crippen LogP contribution in [0.1, 0.15) is 68.4 Å². The van der Waals surface area contributed by atoms with E-state index in [2.05, 4.69) is 29.6 Å². The van der Waals surface area contributed by atoms with Crippen LogP contribution in [0.5, 0.6) is 0 Å². The number of unbranched alkanes of at least 4 members (excludes halogenated alkanes) is 3. The van der Waals surface area contributed by atoms with Gasteiger partial charge in [0.15, 0.2) is 0 Å². The molecule has 2 amide bonds. The fourth-order valence-corrected chi connectivity index (χ4v) is 5.23. The van der Waals surface area contributed by atoms with Crippen LogP contribution in [0.2, 0.25) is 0 Å². The Balaban J connectivity index is 1.11. The van der Waals surface area contributed by atoms with Gasteiger partial charge in [0, 0.05) is 25.4 Å². The highest BCUT2D eigenvalue weighted by Gasteiger charge is 2.31. The number of carboxylic acids is 1. The molecule has 2 N–H and O–H groups in total. The topological polar surface area (TPSA) is 95.9 Å². The van der Waals surface area contributed by atoms with E-state index in [-0.39, 0.29) is 11.8 Å². The van der Waals surface area contributed by atoms with Crippen LogP contribution in [0.4, 0.5) is 4.79 Å². The van der Waals surface area contributed by atoms with E-state index in [0.29, 0.717) is 32.5 Å². The molecule has 0 bridgehead atoms. The van der Waals surface area contributed by atoms with Crippen LogP contribution < -0.4 is 5.32 Å². The first-order valence-corrected chi connectivity index (χ1v) is 12.7. The van der Waals surface area contributed by atoms with Gasteiger partial charge in [-0.1, -0.05) is 61.4 Å². The van der Waals surface area contributed by atoms with Gasteiger partial charge in [-0.05, 0) is 54.4 Å². The first-order chi connectivity index (χ1) is 17.1. The van der Waals surface area contributed by atoms with E-state index in [0.717, 1.165) is 38.5 Å². The molecule has 0 saturated carbocycles. The minimum Gasteiger partial charge on any atom is -0.480 e. The van der Waals surface area contributed by atoms with Crippen molar-refractivity contribution in [1.29, 1.82) is 0 Å². The minimum absolute atomic E-state index is 0.0475. The van der Waals surface area contributed by atoms with E-state index < -0.39 is 18.1 Å². The third kappa shape index (κ3) is 6.02. The number of carbonyl (C=O) groups is 3. The molecule has 4 rings (SSSR count). The Bertz CT molecular complexity index is 1010. The van der Waals surface area contributed by atoms with Crippen molar-refractivity contribution < 1.29 is 24.2 Å². The summed E-state index contributed by atoms with van der Waals surface area (Å²) in [5, 5.41) is 12.1. The summed E-state index contributed by atoms with van der Waals surface area (Å²) in [6.45, 7) is 1.37. The van der Waals surface area contributed by atoms with Gasteiger partial charge in [-0.15, -0.1) is 0 Å². The Labute approximate surface area is 206 Å². The smallest absolute Gasteiger partial charge is 0.407 e. The van der Waals surface area contributed by atoms with Crippen LogP contribution >= 0.6 is 0 Å². The highest BCUT2D eigenvalue weighted by molar-refractivity contribution is 5.84. The van der Waals surface area contributed by atoms with Crippen molar-refractivity contribution in [1.82, 2.24) is 10.2 Å². The first kappa shape index (κ1) is 24.8. The van der Waals surface area contributed by atoms with E-state index in [1.165, 1.54) is 27.2 Å². The lowest BCUT2D eigenvalue weighted by molar-refractivity contribution is -0.152. The minimum atomic E-state index is -0.905. The van der Waals surface area contributed by atoms with E-state index in [1.807, 2.05) is 24.3 Å². The number of alkyl carbamates (subject to hydrolysis) is 1. The van der Waals surface area contributed by atoms with Gasteiger partial charge in [-0.25, -0.2) is 9.59 Å². The van der Waals surface area contributed by atoms with Crippen molar-refractivity contribution in [3.8, 4) is 11.1 Å². The molecule has 0 radical (unpaired) electrons. The van der Waals surface area contributed by atoms with Crippen LogP contribution in [0.25, 0.3) is 11.1 Å². The molecular formula is C28H34N2O5. The van der Waals surface area contributed by atoms with E-state index in [9.17, 15) is 19.5 Å². The largest absolute Gasteiger partial charge is 0.480 e. The van der Waals surface area contributed by atoms with Gasteiger partial charge in [0.25, 0.3) is 0 Å². The predicted molar refractivity (Wildman–Crippen MR) is 133 cm³/mol. The van der Waals surface area contributed by atoms with Crippen molar-refractivity contribution in [2.75, 3.05) is 19.7 Å². The number of hydrogen-bond donors (Lipinski definition) is 2. The Hall–Kier alpha value is -3.35. The number of rotatable bonds is 10. The van der Waals surface area contributed by atoms with Crippen molar-refractivity contribution in [3.63, 3.8) is 0 Å². The average molecular weight is 479 g/mol. The zero-order valence-corrected chi connectivity index (χ0v) is 20.1. The molecule has 35 heavy (non-hydrogen) atoms. The summed E-state index contributed by atoms with van der Waals surface area (Å²) in [4.78, 5) is 37.5. The van der Waals surface area contributed by atoms with Crippen LogP contribution in [0.15, 0.2) is 48.5 Å². The normalized spacial score (nSPS) is 16.9. The Morgan fingerprint density at radius 2 is 1.57 bits per heavy atom. The summed E-state index contributed by atoms with van der Waals surface area (Å²) in [5.74, 6) is -0.919. The van der Waals surface area contributed by atoms with Crippen molar-refractivity contribution >= 4 is 18.0 Å². The van der Waals surface area contributed by atoms with E-state index in [4.69, 9.17) is 4.74 Å². The molecule has 2 aromatic carbocycles. The highest BCUT2D eigenvalue weighted by atomic mass is 16.5. The summed E-state index contributed by atoms with van der Waals surface area (Å²) < 4.78 is 5.55. The third-order valence-corrected chi connectivity index (χ3v) is 7.04. The zero-order chi connectivity index (χ0) is 24.6. The number of benzene rings is 2. The fourth-order valence-electron chi connectivity index (χ4n) is 5.23. The summed E-state index contributed by atoms with van der Waals surface area (Å²) in [5.41, 5.74) is 4.79. The first-order valence-electron chi connectivity index (χ1n) is 12.7. The van der Waals surface area contributed by atoms with Gasteiger partial charge >= 0.3 is 12.1 Å². The average Bonchev–Trinajstić information content (AvgIpc) is 3.20. The Morgan fingerprint density at radius 3 is 2.26 bits per heavy atom. The SMILES string of the molecule is O=C(NCCCCCCC(=O)N1CCCC[C@@H]1C(=O)O)OCC1c2ccccc2-c2ccccc21. The highest BCUT2D eigenvalue weighted by Crippen LogP contribution is 2.44. The molecule has 186 valence electrons. The number of likely N-dealkylation sites (tertiary alicyclic amines) is 1. The maximum Gasteiger partial charge on any atom is 0.407 e. The molecule has 1 atom stereocenters. The number of piperidine rings is 1. The quantitative estimate of drug-likeness (QED) is 0.472. The lowest BCUT2D eigenvalue weighted by Gasteiger charge is -2.33. The Kier molecular flexibility index (Phi) is 8.40. The molecule has 1 saturated heterocycles. The molecule has 7 nitrogen and oxygen atoms in total. The molecule has 0 spiro atoms. The van der Waals surface area contributed by atoms with Crippen molar-refractivity contribution in [2.45, 2.75) is 63.3 Å². The lowest BCUT2D eigenvalue weighted by Crippen LogP contribution is -2.47. The second-order valence-corrected chi connectivity index (χ2v) is 9.35. The number of nitrogens with one attached hydrogen (secondary N) is 1. The van der Waals surface area contributed by atoms with E-state index in [1.54, 1.807) is 0 Å². The summed E-state index contributed by atoms with van der Waals surface area (Å²) in [6, 6.07) is 15.8. The number of carbonyl (C=O) groups excluding carboxylic acids is 2. The number of aliphatic carboxylic acids is 1. The molecule has 2 aliphatic rings. The van der Waals surface area contributed by atoms with Gasteiger partial charge in [-0.3, -0.25) is 4.79 Å². The second-order valence-electron chi connectivity index (χ2n) is 9.35. The lowest BCUT2D eigenvalue weighted by atomic mass is 9.98. The van der Waals surface area contributed by atoms with Gasteiger partial charge < -0.3 is 20.1 Å². The molecule has 0 unspecified atom stereocenters. The van der Waals surface area contributed by atoms with Crippen LogP contribution in [0, 0.1) is 0 Å². The number of nitrogens with zero attached hydrogens (tertiary/aromatic N) is 1. The maximum atomic E-state index is 12.4. The Morgan fingerprint density at radius 1 is 0.914 bits per heavy atom. The van der Waals surface area contributed by atoms with Gasteiger partial charge in [0.05, 0.1) is 0 Å². The maximum absolute atomic E-state index is 12.4. The molecular weight excluding hydrogens is 444 g/mol. The monoisotopic (exact) mass is 478 g/mol. The number of hydrogen-bond acceptors (Lipinski definition) is 4. The number of carboxylic acid groups (broad SMARTS) is 1. The van der Waals surface area contributed by atoms with Crippen LogP contribution in [-0.2, 0) is 14.3 Å². The molecule has 2 aromatic rings. The standard InChI is InChI=1S/C28H34N2O5/c31-26(30-18-10-8-15-25(30)27(32)33)16-3-1-2-9-17-29-28(34)35-19-24-22-13-6-4-11-20(22)21-12-5-7-14-23(21)24/h4-7,11-14,24-25H,1-3,8-10,15-19H2,(H,29,34)(H,32,33)/t25-/m1/s1. The number of ether oxygens (including phenoxy) is 1. The molecule has 1 aliphatic heterocycles. The van der Waals surface area contributed by atoms with E-state index >= 15 is 0 Å². The van der Waals surface area contributed by atoms with Crippen LogP contribution in [-0.4, -0.2) is 53.7 Å². The molecule has 0 aromatic heterocycles.